The van der Waals surface area contributed by atoms with Gasteiger partial charge in [0.1, 0.15) is 6.04 Å². The zero-order valence-electron chi connectivity index (χ0n) is 12.7. The van der Waals surface area contributed by atoms with E-state index in [-0.39, 0.29) is 17.8 Å². The lowest BCUT2D eigenvalue weighted by atomic mass is 10.1. The van der Waals surface area contributed by atoms with Gasteiger partial charge < -0.3 is 10.1 Å². The van der Waals surface area contributed by atoms with Crippen molar-refractivity contribution in [2.24, 2.45) is 5.92 Å². The first-order chi connectivity index (χ1) is 10.1. The van der Waals surface area contributed by atoms with Crippen LogP contribution in [0.1, 0.15) is 37.3 Å². The number of aryl methyl sites for hydroxylation is 2. The van der Waals surface area contributed by atoms with Crippen LogP contribution in [0.15, 0.2) is 24.3 Å². The third kappa shape index (κ3) is 4.59. The van der Waals surface area contributed by atoms with Gasteiger partial charge in [0.2, 0.25) is 5.91 Å². The van der Waals surface area contributed by atoms with Crippen molar-refractivity contribution >= 4 is 11.9 Å². The number of amides is 1. The lowest BCUT2D eigenvalue weighted by Crippen LogP contribution is -2.43. The largest absolute Gasteiger partial charge is 0.467 e. The van der Waals surface area contributed by atoms with Crippen molar-refractivity contribution in [3.8, 4) is 0 Å². The summed E-state index contributed by atoms with van der Waals surface area (Å²) in [6.07, 6.45) is 4.07. The van der Waals surface area contributed by atoms with Crippen molar-refractivity contribution in [3.05, 3.63) is 35.4 Å². The topological polar surface area (TPSA) is 55.4 Å². The van der Waals surface area contributed by atoms with E-state index in [9.17, 15) is 9.59 Å². The van der Waals surface area contributed by atoms with Crippen molar-refractivity contribution in [2.75, 3.05) is 7.11 Å². The Bertz CT molecular complexity index is 491. The fourth-order valence-electron chi connectivity index (χ4n) is 2.37. The Morgan fingerprint density at radius 1 is 1.24 bits per heavy atom. The van der Waals surface area contributed by atoms with Gasteiger partial charge in [-0.1, -0.05) is 31.2 Å². The normalized spacial score (nSPS) is 15.3. The minimum Gasteiger partial charge on any atom is -0.467 e. The first-order valence-corrected chi connectivity index (χ1v) is 7.59. The van der Waals surface area contributed by atoms with Crippen LogP contribution < -0.4 is 5.32 Å². The molecule has 0 heterocycles. The molecule has 0 radical (unpaired) electrons. The number of methoxy groups -OCH3 is 1. The summed E-state index contributed by atoms with van der Waals surface area (Å²) in [6.45, 7) is 2.12. The SMILES string of the molecule is CCc1ccc(CCC(=O)N[C@@H](C(=O)OC)C2CC2)cc1. The molecule has 1 atom stereocenters. The molecule has 1 aliphatic rings. The van der Waals surface area contributed by atoms with Crippen molar-refractivity contribution in [1.29, 1.82) is 0 Å². The molecule has 0 bridgehead atoms. The van der Waals surface area contributed by atoms with E-state index in [0.29, 0.717) is 12.8 Å². The highest BCUT2D eigenvalue weighted by Gasteiger charge is 2.37. The number of rotatable bonds is 7. The molecule has 1 N–H and O–H groups in total. The maximum absolute atomic E-state index is 12.0. The summed E-state index contributed by atoms with van der Waals surface area (Å²) in [5.74, 6) is -0.166. The van der Waals surface area contributed by atoms with Gasteiger partial charge in [-0.3, -0.25) is 4.79 Å². The first-order valence-electron chi connectivity index (χ1n) is 7.59. The standard InChI is InChI=1S/C17H23NO3/c1-3-12-4-6-13(7-5-12)8-11-15(19)18-16(14-9-10-14)17(20)21-2/h4-7,14,16H,3,8-11H2,1-2H3,(H,18,19)/t16-/m1/s1. The Hall–Kier alpha value is -1.84. The molecule has 4 nitrogen and oxygen atoms in total. The summed E-state index contributed by atoms with van der Waals surface area (Å²) >= 11 is 0. The Morgan fingerprint density at radius 2 is 1.86 bits per heavy atom. The summed E-state index contributed by atoms with van der Waals surface area (Å²) in [4.78, 5) is 23.6. The average Bonchev–Trinajstić information content (AvgIpc) is 3.35. The lowest BCUT2D eigenvalue weighted by molar-refractivity contribution is -0.145. The van der Waals surface area contributed by atoms with Crippen LogP contribution in [0.4, 0.5) is 0 Å². The average molecular weight is 289 g/mol. The van der Waals surface area contributed by atoms with E-state index in [1.807, 2.05) is 0 Å². The Labute approximate surface area is 125 Å². The van der Waals surface area contributed by atoms with Gasteiger partial charge in [-0.05, 0) is 42.7 Å². The minimum absolute atomic E-state index is 0.0862. The van der Waals surface area contributed by atoms with E-state index in [1.54, 1.807) is 0 Å². The van der Waals surface area contributed by atoms with E-state index >= 15 is 0 Å². The molecule has 0 spiro atoms. The van der Waals surface area contributed by atoms with Gasteiger partial charge in [0.25, 0.3) is 0 Å². The highest BCUT2D eigenvalue weighted by atomic mass is 16.5. The molecule has 1 fully saturated rings. The number of benzene rings is 1. The molecule has 1 amide bonds. The van der Waals surface area contributed by atoms with Crippen molar-refractivity contribution in [2.45, 2.75) is 45.1 Å². The predicted octanol–water partition coefficient (Wildman–Crippen LogP) is 2.25. The van der Waals surface area contributed by atoms with Gasteiger partial charge in [0.15, 0.2) is 0 Å². The maximum atomic E-state index is 12.0. The summed E-state index contributed by atoms with van der Waals surface area (Å²) in [7, 11) is 1.36. The van der Waals surface area contributed by atoms with Gasteiger partial charge in [0.05, 0.1) is 7.11 Å². The molecule has 2 rings (SSSR count). The van der Waals surface area contributed by atoms with Gasteiger partial charge in [-0.2, -0.15) is 0 Å². The second-order valence-corrected chi connectivity index (χ2v) is 5.58. The van der Waals surface area contributed by atoms with E-state index in [4.69, 9.17) is 4.74 Å². The molecular weight excluding hydrogens is 266 g/mol. The monoisotopic (exact) mass is 289 g/mol. The number of carbonyl (C=O) groups excluding carboxylic acids is 2. The predicted molar refractivity (Wildman–Crippen MR) is 80.8 cm³/mol. The van der Waals surface area contributed by atoms with E-state index in [0.717, 1.165) is 24.8 Å². The molecular formula is C17H23NO3. The van der Waals surface area contributed by atoms with Crippen LogP contribution in [0.3, 0.4) is 0 Å². The number of esters is 1. The Balaban J connectivity index is 1.81. The zero-order valence-corrected chi connectivity index (χ0v) is 12.7. The maximum Gasteiger partial charge on any atom is 0.328 e. The minimum atomic E-state index is -0.468. The number of hydrogen-bond donors (Lipinski definition) is 1. The highest BCUT2D eigenvalue weighted by Crippen LogP contribution is 2.33. The summed E-state index contributed by atoms with van der Waals surface area (Å²) < 4.78 is 4.75. The number of ether oxygens (including phenoxy) is 1. The summed E-state index contributed by atoms with van der Waals surface area (Å²) in [5, 5.41) is 2.81. The van der Waals surface area contributed by atoms with Crippen LogP contribution in [-0.2, 0) is 27.2 Å². The fourth-order valence-corrected chi connectivity index (χ4v) is 2.37. The highest BCUT2D eigenvalue weighted by molar-refractivity contribution is 5.85. The first kappa shape index (κ1) is 15.5. The second kappa shape index (κ2) is 7.25. The summed E-state index contributed by atoms with van der Waals surface area (Å²) in [6, 6.07) is 7.84. The van der Waals surface area contributed by atoms with Gasteiger partial charge in [0, 0.05) is 6.42 Å². The van der Waals surface area contributed by atoms with Crippen LogP contribution in [0, 0.1) is 5.92 Å². The molecule has 0 unspecified atom stereocenters. The Morgan fingerprint density at radius 3 is 2.38 bits per heavy atom. The van der Waals surface area contributed by atoms with Gasteiger partial charge >= 0.3 is 5.97 Å². The molecule has 4 heteroatoms. The van der Waals surface area contributed by atoms with E-state index < -0.39 is 6.04 Å². The van der Waals surface area contributed by atoms with Crippen LogP contribution in [0.25, 0.3) is 0 Å². The van der Waals surface area contributed by atoms with Crippen LogP contribution >= 0.6 is 0 Å². The van der Waals surface area contributed by atoms with Crippen molar-refractivity contribution in [1.82, 2.24) is 5.32 Å². The Kier molecular flexibility index (Phi) is 5.37. The third-order valence-electron chi connectivity index (χ3n) is 3.94. The second-order valence-electron chi connectivity index (χ2n) is 5.58. The molecule has 114 valence electrons. The van der Waals surface area contributed by atoms with Crippen LogP contribution in [-0.4, -0.2) is 25.0 Å². The quantitative estimate of drug-likeness (QED) is 0.783. The van der Waals surface area contributed by atoms with Crippen LogP contribution in [0.2, 0.25) is 0 Å². The van der Waals surface area contributed by atoms with Gasteiger partial charge in [-0.25, -0.2) is 4.79 Å². The zero-order chi connectivity index (χ0) is 15.2. The number of hydrogen-bond acceptors (Lipinski definition) is 3. The third-order valence-corrected chi connectivity index (χ3v) is 3.94. The van der Waals surface area contributed by atoms with E-state index in [2.05, 4.69) is 36.5 Å². The van der Waals surface area contributed by atoms with E-state index in [1.165, 1.54) is 12.7 Å². The lowest BCUT2D eigenvalue weighted by Gasteiger charge is -2.15. The number of nitrogens with one attached hydrogen (secondary N) is 1. The molecule has 0 aromatic heterocycles. The molecule has 1 aliphatic carbocycles. The molecule has 1 aromatic rings. The smallest absolute Gasteiger partial charge is 0.328 e. The number of carbonyl (C=O) groups is 2. The molecule has 1 saturated carbocycles. The van der Waals surface area contributed by atoms with Gasteiger partial charge in [-0.15, -0.1) is 0 Å². The fraction of sp³-hybridized carbons (Fsp3) is 0.529. The van der Waals surface area contributed by atoms with Crippen LogP contribution in [0.5, 0.6) is 0 Å². The molecule has 21 heavy (non-hydrogen) atoms. The molecule has 0 aliphatic heterocycles. The molecule has 0 saturated heterocycles. The van der Waals surface area contributed by atoms with Crippen molar-refractivity contribution in [3.63, 3.8) is 0 Å². The summed E-state index contributed by atoms with van der Waals surface area (Å²) in [5.41, 5.74) is 2.44. The van der Waals surface area contributed by atoms with Crippen molar-refractivity contribution < 1.29 is 14.3 Å². The molecule has 1 aromatic carbocycles.